The summed E-state index contributed by atoms with van der Waals surface area (Å²) in [7, 11) is 0. The van der Waals surface area contributed by atoms with Crippen molar-refractivity contribution in [3.8, 4) is 0 Å². The van der Waals surface area contributed by atoms with Crippen molar-refractivity contribution in [3.63, 3.8) is 0 Å². The Morgan fingerprint density at radius 2 is 1.74 bits per heavy atom. The summed E-state index contributed by atoms with van der Waals surface area (Å²) in [5.74, 6) is 0. The SMILES string of the molecule is Cc1ccn2c(C(C)(C)C)c[n+](CC(C)(C)c3cnc4ccccn34)c2c1. The highest BCUT2D eigenvalue weighted by atomic mass is 15.1. The van der Waals surface area contributed by atoms with Gasteiger partial charge < -0.3 is 4.40 Å². The van der Waals surface area contributed by atoms with Gasteiger partial charge in [-0.15, -0.1) is 0 Å². The molecule has 0 spiro atoms. The van der Waals surface area contributed by atoms with Crippen LogP contribution in [0.3, 0.4) is 0 Å². The van der Waals surface area contributed by atoms with Crippen LogP contribution in [0.1, 0.15) is 51.6 Å². The van der Waals surface area contributed by atoms with Crippen molar-refractivity contribution in [2.45, 2.75) is 58.9 Å². The molecule has 0 amide bonds. The van der Waals surface area contributed by atoms with Crippen LogP contribution < -0.4 is 4.57 Å². The number of imidazole rings is 2. The van der Waals surface area contributed by atoms with Crippen molar-refractivity contribution >= 4 is 11.3 Å². The normalized spacial score (nSPS) is 13.0. The second-order valence-corrected chi connectivity index (χ2v) is 9.28. The Morgan fingerprint density at radius 1 is 0.963 bits per heavy atom. The molecule has 4 aromatic rings. The topological polar surface area (TPSA) is 25.6 Å². The largest absolute Gasteiger partial charge is 0.303 e. The minimum Gasteiger partial charge on any atom is -0.303 e. The standard InChI is InChI=1S/C23H29N4/c1-17-10-12-27-19(22(2,3)4)15-25(21(27)13-17)16-23(5,6)18-14-24-20-9-7-8-11-26(18)20/h7-15H,16H2,1-6H3/q+1. The summed E-state index contributed by atoms with van der Waals surface area (Å²) < 4.78 is 6.93. The molecule has 4 rings (SSSR count). The van der Waals surface area contributed by atoms with E-state index in [0.29, 0.717) is 0 Å². The molecule has 0 aliphatic carbocycles. The first-order chi connectivity index (χ1) is 12.7. The molecule has 27 heavy (non-hydrogen) atoms. The molecule has 0 radical (unpaired) electrons. The highest BCUT2D eigenvalue weighted by Gasteiger charge is 2.32. The number of hydrogen-bond acceptors (Lipinski definition) is 1. The van der Waals surface area contributed by atoms with E-state index in [1.165, 1.54) is 22.6 Å². The maximum atomic E-state index is 4.60. The van der Waals surface area contributed by atoms with Gasteiger partial charge in [-0.05, 0) is 30.7 Å². The molecule has 4 heterocycles. The Balaban J connectivity index is 1.84. The second-order valence-electron chi connectivity index (χ2n) is 9.28. The fourth-order valence-electron chi connectivity index (χ4n) is 3.91. The molecule has 0 N–H and O–H groups in total. The molecule has 0 aliphatic heterocycles. The second kappa shape index (κ2) is 5.95. The molecular formula is C23H29N4+. The molecule has 0 aromatic carbocycles. The summed E-state index contributed by atoms with van der Waals surface area (Å²) in [6, 6.07) is 10.6. The molecule has 0 aliphatic rings. The van der Waals surface area contributed by atoms with Crippen LogP contribution in [-0.4, -0.2) is 13.8 Å². The van der Waals surface area contributed by atoms with Crippen LogP contribution in [0.5, 0.6) is 0 Å². The number of rotatable bonds is 3. The zero-order valence-electron chi connectivity index (χ0n) is 17.2. The molecule has 0 saturated carbocycles. The summed E-state index contributed by atoms with van der Waals surface area (Å²) in [5, 5.41) is 0. The third kappa shape index (κ3) is 3.03. The summed E-state index contributed by atoms with van der Waals surface area (Å²) in [6.07, 6.45) is 8.64. The molecule has 0 atom stereocenters. The minimum absolute atomic E-state index is 0.0633. The summed E-state index contributed by atoms with van der Waals surface area (Å²) in [6.45, 7) is 14.5. The van der Waals surface area contributed by atoms with Crippen molar-refractivity contribution < 1.29 is 4.57 Å². The molecule has 0 unspecified atom stereocenters. The molecule has 4 nitrogen and oxygen atoms in total. The van der Waals surface area contributed by atoms with Gasteiger partial charge in [-0.25, -0.2) is 9.55 Å². The first kappa shape index (κ1) is 17.8. The van der Waals surface area contributed by atoms with Gasteiger partial charge in [-0.2, -0.15) is 4.40 Å². The van der Waals surface area contributed by atoms with E-state index >= 15 is 0 Å². The highest BCUT2D eigenvalue weighted by Crippen LogP contribution is 2.27. The van der Waals surface area contributed by atoms with Gasteiger partial charge in [0.2, 0.25) is 0 Å². The average molecular weight is 362 g/mol. The van der Waals surface area contributed by atoms with Gasteiger partial charge in [0.1, 0.15) is 18.4 Å². The van der Waals surface area contributed by atoms with Crippen LogP contribution in [0.15, 0.2) is 55.1 Å². The van der Waals surface area contributed by atoms with E-state index in [0.717, 1.165) is 12.2 Å². The van der Waals surface area contributed by atoms with Gasteiger partial charge in [0.15, 0.2) is 5.69 Å². The first-order valence-electron chi connectivity index (χ1n) is 9.61. The summed E-state index contributed by atoms with van der Waals surface area (Å²) in [4.78, 5) is 4.60. The maximum Gasteiger partial charge on any atom is 0.286 e. The summed E-state index contributed by atoms with van der Waals surface area (Å²) >= 11 is 0. The fourth-order valence-corrected chi connectivity index (χ4v) is 3.91. The van der Waals surface area contributed by atoms with Crippen molar-refractivity contribution in [2.24, 2.45) is 0 Å². The Bertz CT molecular complexity index is 1120. The van der Waals surface area contributed by atoms with Crippen molar-refractivity contribution in [3.05, 3.63) is 72.1 Å². The Morgan fingerprint density at radius 3 is 2.48 bits per heavy atom. The van der Waals surface area contributed by atoms with Gasteiger partial charge in [0, 0.05) is 29.3 Å². The maximum absolute atomic E-state index is 4.60. The van der Waals surface area contributed by atoms with Crippen LogP contribution in [0.25, 0.3) is 11.3 Å². The molecule has 140 valence electrons. The van der Waals surface area contributed by atoms with Crippen LogP contribution in [0.2, 0.25) is 0 Å². The molecule has 0 bridgehead atoms. The molecule has 4 heteroatoms. The van der Waals surface area contributed by atoms with Gasteiger partial charge in [-0.3, -0.25) is 0 Å². The van der Waals surface area contributed by atoms with E-state index in [2.05, 4.69) is 103 Å². The highest BCUT2D eigenvalue weighted by molar-refractivity contribution is 5.42. The lowest BCUT2D eigenvalue weighted by atomic mass is 9.89. The fraction of sp³-hybridized carbons (Fsp3) is 0.391. The van der Waals surface area contributed by atoms with Gasteiger partial charge in [0.25, 0.3) is 5.65 Å². The average Bonchev–Trinajstić information content (AvgIpc) is 3.16. The quantitative estimate of drug-likeness (QED) is 0.495. The van der Waals surface area contributed by atoms with E-state index < -0.39 is 0 Å². The Kier molecular flexibility index (Phi) is 3.91. The molecule has 0 fully saturated rings. The lowest BCUT2D eigenvalue weighted by Gasteiger charge is -2.22. The smallest absolute Gasteiger partial charge is 0.286 e. The van der Waals surface area contributed by atoms with E-state index in [1.807, 2.05) is 12.3 Å². The first-order valence-corrected chi connectivity index (χ1v) is 9.61. The van der Waals surface area contributed by atoms with Gasteiger partial charge in [0.05, 0.1) is 11.9 Å². The van der Waals surface area contributed by atoms with Crippen LogP contribution in [-0.2, 0) is 17.4 Å². The number of pyridine rings is 2. The van der Waals surface area contributed by atoms with E-state index in [4.69, 9.17) is 0 Å². The number of nitrogens with zero attached hydrogens (tertiary/aromatic N) is 4. The zero-order chi connectivity index (χ0) is 19.4. The predicted octanol–water partition coefficient (Wildman–Crippen LogP) is 4.46. The lowest BCUT2D eigenvalue weighted by molar-refractivity contribution is -0.679. The zero-order valence-corrected chi connectivity index (χ0v) is 17.2. The van der Waals surface area contributed by atoms with Crippen molar-refractivity contribution in [1.29, 1.82) is 0 Å². The van der Waals surface area contributed by atoms with Gasteiger partial charge >= 0.3 is 0 Å². The molecule has 4 aromatic heterocycles. The number of aryl methyl sites for hydroxylation is 1. The van der Waals surface area contributed by atoms with Gasteiger partial charge in [-0.1, -0.05) is 40.7 Å². The van der Waals surface area contributed by atoms with Crippen molar-refractivity contribution in [2.75, 3.05) is 0 Å². The Hall–Kier alpha value is -2.62. The van der Waals surface area contributed by atoms with E-state index in [1.54, 1.807) is 0 Å². The van der Waals surface area contributed by atoms with Crippen LogP contribution in [0, 0.1) is 6.92 Å². The molecular weight excluding hydrogens is 332 g/mol. The van der Waals surface area contributed by atoms with Crippen LogP contribution >= 0.6 is 0 Å². The molecule has 0 saturated heterocycles. The van der Waals surface area contributed by atoms with E-state index in [-0.39, 0.29) is 10.8 Å². The number of aromatic nitrogens is 4. The third-order valence-electron chi connectivity index (χ3n) is 5.37. The van der Waals surface area contributed by atoms with E-state index in [9.17, 15) is 0 Å². The lowest BCUT2D eigenvalue weighted by Crippen LogP contribution is -2.43. The van der Waals surface area contributed by atoms with Crippen molar-refractivity contribution in [1.82, 2.24) is 13.8 Å². The third-order valence-corrected chi connectivity index (χ3v) is 5.37. The Labute approximate surface area is 161 Å². The monoisotopic (exact) mass is 361 g/mol. The van der Waals surface area contributed by atoms with Crippen LogP contribution in [0.4, 0.5) is 0 Å². The number of fused-ring (bicyclic) bond motifs is 2. The predicted molar refractivity (Wildman–Crippen MR) is 109 cm³/mol. The minimum atomic E-state index is -0.0633. The number of hydrogen-bond donors (Lipinski definition) is 0. The summed E-state index contributed by atoms with van der Waals surface area (Å²) in [5.41, 5.74) is 6.09.